The summed E-state index contributed by atoms with van der Waals surface area (Å²) in [7, 11) is 0. The first-order valence-corrected chi connectivity index (χ1v) is 13.6. The molecule has 1 aliphatic heterocycles. The lowest BCUT2D eigenvalue weighted by Crippen LogP contribution is -2.48. The van der Waals surface area contributed by atoms with Crippen molar-refractivity contribution < 1.29 is 39.6 Å². The predicted octanol–water partition coefficient (Wildman–Crippen LogP) is 3.87. The molecule has 12 heteroatoms. The third-order valence-electron chi connectivity index (χ3n) is 5.94. The number of nitrogens with one attached hydrogen (secondary N) is 1. The number of anilines is 2. The van der Waals surface area contributed by atoms with Gasteiger partial charge in [-0.25, -0.2) is 9.59 Å². The summed E-state index contributed by atoms with van der Waals surface area (Å²) in [6.45, 7) is 10.8. The molecule has 2 aromatic rings. The van der Waals surface area contributed by atoms with E-state index < -0.39 is 41.9 Å². The summed E-state index contributed by atoms with van der Waals surface area (Å²) in [6, 6.07) is 15.8. The largest absolute Gasteiger partial charge is 0.481 e. The van der Waals surface area contributed by atoms with Crippen LogP contribution >= 0.6 is 11.8 Å². The van der Waals surface area contributed by atoms with Gasteiger partial charge in [0, 0.05) is 9.79 Å². The minimum atomic E-state index is -2.74. The third kappa shape index (κ3) is 9.53. The quantitative estimate of drug-likeness (QED) is 0.273. The normalized spacial score (nSPS) is 12.1. The lowest BCUT2D eigenvalue weighted by atomic mass is 9.96. The Labute approximate surface area is 243 Å². The van der Waals surface area contributed by atoms with Crippen molar-refractivity contribution in [1.29, 1.82) is 0 Å². The fourth-order valence-electron chi connectivity index (χ4n) is 3.81. The summed E-state index contributed by atoms with van der Waals surface area (Å²) in [4.78, 5) is 49.9. The summed E-state index contributed by atoms with van der Waals surface area (Å²) in [5.74, 6) is 1.41. The Balaban J connectivity index is 0.000000383. The number of aliphatic carboxylic acids is 3. The molecule has 0 bridgehead atoms. The molecule has 0 saturated carbocycles. The van der Waals surface area contributed by atoms with Gasteiger partial charge in [0.1, 0.15) is 0 Å². The number of nitrogens with zero attached hydrogens (tertiary/aromatic N) is 2. The maximum atomic E-state index is 13.3. The van der Waals surface area contributed by atoms with Gasteiger partial charge < -0.3 is 25.7 Å². The van der Waals surface area contributed by atoms with Crippen LogP contribution in [0.25, 0.3) is 0 Å². The first-order chi connectivity index (χ1) is 19.2. The second-order valence-corrected chi connectivity index (χ2v) is 10.8. The fraction of sp³-hybridized carbons (Fsp3) is 0.379. The van der Waals surface area contributed by atoms with Gasteiger partial charge in [-0.3, -0.25) is 19.4 Å². The molecule has 220 valence electrons. The van der Waals surface area contributed by atoms with E-state index in [1.54, 1.807) is 16.7 Å². The van der Waals surface area contributed by atoms with Gasteiger partial charge in [-0.2, -0.15) is 0 Å². The molecule has 3 rings (SSSR count). The van der Waals surface area contributed by atoms with Gasteiger partial charge >= 0.3 is 23.9 Å². The molecule has 1 heterocycles. The Morgan fingerprint density at radius 3 is 1.76 bits per heavy atom. The standard InChI is InChI=1S/C23H27N3OS.C6H8O7/c1-5-25(6-2)17-11-16-23(3,4)24-22(27)26-18-12-7-9-14-20(18)28-21-15-10-8-13-19(21)26;7-3(8)1-6(13,5(11)12)2-4(9)10/h7-10,12-15H,5-6,17H2,1-4H3,(H,24,27);13H,1-2H2,(H,7,8)(H,9,10)(H,11,12). The van der Waals surface area contributed by atoms with E-state index in [4.69, 9.17) is 20.4 Å². The number of urea groups is 1. The lowest BCUT2D eigenvalue weighted by molar-refractivity contribution is -0.170. The second-order valence-electron chi connectivity index (χ2n) is 9.67. The molecular weight excluding hydrogens is 550 g/mol. The lowest BCUT2D eigenvalue weighted by Gasteiger charge is -2.33. The van der Waals surface area contributed by atoms with Crippen molar-refractivity contribution in [2.24, 2.45) is 0 Å². The monoisotopic (exact) mass is 585 g/mol. The summed E-state index contributed by atoms with van der Waals surface area (Å²) >= 11 is 1.69. The Morgan fingerprint density at radius 1 is 0.878 bits per heavy atom. The molecule has 0 aromatic heterocycles. The number of carboxylic acid groups (broad SMARTS) is 3. The number of hydrogen-bond acceptors (Lipinski definition) is 7. The predicted molar refractivity (Wildman–Crippen MR) is 154 cm³/mol. The van der Waals surface area contributed by atoms with E-state index in [1.165, 1.54) is 0 Å². The van der Waals surface area contributed by atoms with E-state index in [2.05, 4.69) is 35.9 Å². The topological polar surface area (TPSA) is 168 Å². The van der Waals surface area contributed by atoms with E-state index in [9.17, 15) is 19.2 Å². The first kappa shape index (κ1) is 33.2. The maximum Gasteiger partial charge on any atom is 0.336 e. The first-order valence-electron chi connectivity index (χ1n) is 12.8. The molecular formula is C29H35N3O8S. The van der Waals surface area contributed by atoms with E-state index in [0.29, 0.717) is 6.54 Å². The number of amides is 2. The molecule has 2 amide bonds. The SMILES string of the molecule is CCN(CC)CC#CC(C)(C)NC(=O)N1c2ccccc2Sc2ccccc21.O=C(O)CC(O)(CC(=O)O)C(=O)O. The average molecular weight is 586 g/mol. The Hall–Kier alpha value is -4.05. The Bertz CT molecular complexity index is 1270. The molecule has 0 aliphatic carbocycles. The van der Waals surface area contributed by atoms with Crippen LogP contribution in [-0.4, -0.2) is 80.0 Å². The van der Waals surface area contributed by atoms with Crippen molar-refractivity contribution in [3.63, 3.8) is 0 Å². The number of benzene rings is 2. The maximum absolute atomic E-state index is 13.3. The van der Waals surface area contributed by atoms with Crippen LogP contribution in [0.5, 0.6) is 0 Å². The van der Waals surface area contributed by atoms with Gasteiger partial charge in [0.05, 0.1) is 36.3 Å². The number of para-hydroxylation sites is 2. The molecule has 1 aliphatic rings. The van der Waals surface area contributed by atoms with Crippen LogP contribution < -0.4 is 10.2 Å². The molecule has 41 heavy (non-hydrogen) atoms. The van der Waals surface area contributed by atoms with Crippen LogP contribution in [0, 0.1) is 11.8 Å². The van der Waals surface area contributed by atoms with Crippen LogP contribution in [-0.2, 0) is 14.4 Å². The average Bonchev–Trinajstić information content (AvgIpc) is 2.88. The number of carbonyl (C=O) groups excluding carboxylic acids is 1. The van der Waals surface area contributed by atoms with E-state index in [1.807, 2.05) is 62.4 Å². The minimum Gasteiger partial charge on any atom is -0.481 e. The minimum absolute atomic E-state index is 0.165. The van der Waals surface area contributed by atoms with Gasteiger partial charge in [-0.1, -0.05) is 61.7 Å². The molecule has 0 atom stereocenters. The molecule has 11 nitrogen and oxygen atoms in total. The highest BCUT2D eigenvalue weighted by molar-refractivity contribution is 7.99. The van der Waals surface area contributed by atoms with Gasteiger partial charge in [0.2, 0.25) is 0 Å². The van der Waals surface area contributed by atoms with Gasteiger partial charge in [-0.15, -0.1) is 0 Å². The van der Waals surface area contributed by atoms with Crippen molar-refractivity contribution in [3.05, 3.63) is 48.5 Å². The molecule has 5 N–H and O–H groups in total. The van der Waals surface area contributed by atoms with Gasteiger partial charge in [0.15, 0.2) is 5.60 Å². The number of aliphatic hydroxyl groups is 1. The van der Waals surface area contributed by atoms with Crippen molar-refractivity contribution in [2.75, 3.05) is 24.5 Å². The summed E-state index contributed by atoms with van der Waals surface area (Å²) in [5, 5.41) is 36.9. The highest BCUT2D eigenvalue weighted by Gasteiger charge is 2.40. The highest BCUT2D eigenvalue weighted by atomic mass is 32.2. The van der Waals surface area contributed by atoms with E-state index in [-0.39, 0.29) is 6.03 Å². The molecule has 2 aromatic carbocycles. The molecule has 0 fully saturated rings. The van der Waals surface area contributed by atoms with E-state index >= 15 is 0 Å². The molecule has 0 saturated heterocycles. The number of carboxylic acids is 3. The van der Waals surface area contributed by atoms with Crippen LogP contribution in [0.1, 0.15) is 40.5 Å². The zero-order chi connectivity index (χ0) is 30.8. The van der Waals surface area contributed by atoms with Gasteiger partial charge in [0.25, 0.3) is 0 Å². The summed E-state index contributed by atoms with van der Waals surface area (Å²) in [5.41, 5.74) is -1.57. The Morgan fingerprint density at radius 2 is 1.34 bits per heavy atom. The van der Waals surface area contributed by atoms with Crippen LogP contribution in [0.3, 0.4) is 0 Å². The second kappa shape index (κ2) is 14.5. The van der Waals surface area contributed by atoms with Gasteiger partial charge in [-0.05, 0) is 51.2 Å². The molecule has 0 spiro atoms. The number of hydrogen-bond donors (Lipinski definition) is 5. The molecule has 0 radical (unpaired) electrons. The summed E-state index contributed by atoms with van der Waals surface area (Å²) < 4.78 is 0. The zero-order valence-electron chi connectivity index (χ0n) is 23.4. The number of rotatable bonds is 9. The van der Waals surface area contributed by atoms with Crippen LogP contribution in [0.4, 0.5) is 16.2 Å². The number of carbonyl (C=O) groups is 4. The van der Waals surface area contributed by atoms with Crippen LogP contribution in [0.2, 0.25) is 0 Å². The number of fused-ring (bicyclic) bond motifs is 2. The van der Waals surface area contributed by atoms with Crippen molar-refractivity contribution in [2.45, 2.75) is 61.5 Å². The summed E-state index contributed by atoms with van der Waals surface area (Å²) in [6.07, 6.45) is -2.29. The third-order valence-corrected chi connectivity index (χ3v) is 7.07. The highest BCUT2D eigenvalue weighted by Crippen LogP contribution is 2.47. The van der Waals surface area contributed by atoms with Crippen molar-refractivity contribution in [1.82, 2.24) is 10.2 Å². The zero-order valence-corrected chi connectivity index (χ0v) is 24.2. The van der Waals surface area contributed by atoms with Crippen molar-refractivity contribution >= 4 is 47.1 Å². The van der Waals surface area contributed by atoms with E-state index in [0.717, 1.165) is 34.3 Å². The Kier molecular flexibility index (Phi) is 11.8. The van der Waals surface area contributed by atoms with Crippen LogP contribution in [0.15, 0.2) is 58.3 Å². The fourth-order valence-corrected chi connectivity index (χ4v) is 4.87. The molecule has 0 unspecified atom stereocenters. The smallest absolute Gasteiger partial charge is 0.336 e. The van der Waals surface area contributed by atoms with Crippen molar-refractivity contribution in [3.8, 4) is 11.8 Å².